The second-order valence-electron chi connectivity index (χ2n) is 5.66. The van der Waals surface area contributed by atoms with Gasteiger partial charge in [0.1, 0.15) is 0 Å². The summed E-state index contributed by atoms with van der Waals surface area (Å²) in [7, 11) is 0. The van der Waals surface area contributed by atoms with Gasteiger partial charge in [-0.3, -0.25) is 9.59 Å². The Labute approximate surface area is 85.3 Å². The fraction of sp³-hybridized carbons (Fsp3) is 0.818. The van der Waals surface area contributed by atoms with Gasteiger partial charge in [0.25, 0.3) is 0 Å². The van der Waals surface area contributed by atoms with Crippen LogP contribution in [-0.4, -0.2) is 24.7 Å². The van der Waals surface area contributed by atoms with E-state index in [9.17, 15) is 9.59 Å². The molecule has 0 spiro atoms. The van der Waals surface area contributed by atoms with Crippen LogP contribution >= 0.6 is 0 Å². The Balaban J connectivity index is 2.83. The molecule has 0 aromatic rings. The van der Waals surface area contributed by atoms with Crippen LogP contribution in [0, 0.1) is 10.8 Å². The van der Waals surface area contributed by atoms with Gasteiger partial charge < -0.3 is 5.32 Å². The molecule has 0 saturated carbocycles. The van der Waals surface area contributed by atoms with Crippen LogP contribution in [0.4, 0.5) is 0 Å². The number of Topliss-reactive ketones (excluding diaryl/α,β-unsaturated/α-hetero) is 1. The van der Waals surface area contributed by atoms with Crippen molar-refractivity contribution in [1.29, 1.82) is 0 Å². The number of carbonyl (C=O) groups excluding carboxylic acids is 2. The lowest BCUT2D eigenvalue weighted by Gasteiger charge is -2.45. The summed E-state index contributed by atoms with van der Waals surface area (Å²) < 4.78 is 0. The van der Waals surface area contributed by atoms with E-state index in [1.807, 2.05) is 13.8 Å². The number of hydrogen-bond donors (Lipinski definition) is 1. The lowest BCUT2D eigenvalue weighted by atomic mass is 9.67. The lowest BCUT2D eigenvalue weighted by molar-refractivity contribution is -0.134. The molecule has 1 aliphatic heterocycles. The number of ketones is 1. The first-order valence-electron chi connectivity index (χ1n) is 5.01. The van der Waals surface area contributed by atoms with Gasteiger partial charge >= 0.3 is 0 Å². The fourth-order valence-electron chi connectivity index (χ4n) is 2.61. The van der Waals surface area contributed by atoms with Crippen LogP contribution in [0.15, 0.2) is 0 Å². The highest BCUT2D eigenvalue weighted by Crippen LogP contribution is 2.39. The summed E-state index contributed by atoms with van der Waals surface area (Å²) in [4.78, 5) is 21.8. The average Bonchev–Trinajstić information content (AvgIpc) is 1.99. The molecule has 3 nitrogen and oxygen atoms in total. The minimum Gasteiger partial charge on any atom is -0.306 e. The topological polar surface area (TPSA) is 46.2 Å². The number of aldehydes is 1. The van der Waals surface area contributed by atoms with E-state index in [0.29, 0.717) is 6.29 Å². The van der Waals surface area contributed by atoms with Crippen LogP contribution in [0.25, 0.3) is 0 Å². The van der Waals surface area contributed by atoms with Crippen LogP contribution in [0.3, 0.4) is 0 Å². The highest BCUT2D eigenvalue weighted by atomic mass is 16.2. The maximum absolute atomic E-state index is 11.4. The van der Waals surface area contributed by atoms with E-state index in [1.54, 1.807) is 0 Å². The van der Waals surface area contributed by atoms with Gasteiger partial charge in [0.05, 0.1) is 6.04 Å². The fourth-order valence-corrected chi connectivity index (χ4v) is 2.61. The molecule has 0 radical (unpaired) electrons. The third-order valence-electron chi connectivity index (χ3n) is 2.90. The van der Waals surface area contributed by atoms with Crippen LogP contribution < -0.4 is 5.32 Å². The highest BCUT2D eigenvalue weighted by Gasteiger charge is 2.43. The van der Waals surface area contributed by atoms with Gasteiger partial charge in [-0.1, -0.05) is 27.7 Å². The molecule has 0 aromatic carbocycles. The normalized spacial score (nSPS) is 29.6. The zero-order valence-electron chi connectivity index (χ0n) is 9.39. The van der Waals surface area contributed by atoms with Gasteiger partial charge in [-0.25, -0.2) is 0 Å². The summed E-state index contributed by atoms with van der Waals surface area (Å²) >= 11 is 0. The molecular formula is C11H19NO2. The minimum absolute atomic E-state index is 0.139. The molecule has 1 N–H and O–H groups in total. The van der Waals surface area contributed by atoms with Gasteiger partial charge in [0, 0.05) is 6.54 Å². The second kappa shape index (κ2) is 3.46. The number of rotatable bonds is 2. The predicted octanol–water partition coefficient (Wildman–Crippen LogP) is 1.17. The van der Waals surface area contributed by atoms with Crippen molar-refractivity contribution < 1.29 is 9.59 Å². The van der Waals surface area contributed by atoms with Gasteiger partial charge in [-0.05, 0) is 17.3 Å². The van der Waals surface area contributed by atoms with Crippen molar-refractivity contribution >= 4 is 12.1 Å². The number of carbonyl (C=O) groups is 2. The van der Waals surface area contributed by atoms with E-state index < -0.39 is 0 Å². The van der Waals surface area contributed by atoms with Crippen LogP contribution in [0.5, 0.6) is 0 Å². The van der Waals surface area contributed by atoms with E-state index in [4.69, 9.17) is 0 Å². The molecule has 1 saturated heterocycles. The first-order valence-corrected chi connectivity index (χ1v) is 5.01. The smallest absolute Gasteiger partial charge is 0.212 e. The van der Waals surface area contributed by atoms with Gasteiger partial charge in [-0.2, -0.15) is 0 Å². The standard InChI is InChI=1S/C11H19NO2/c1-10(2)6-11(3,4)9(12-7-10)8(14)5-13/h5,9,12H,6-7H2,1-4H3. The van der Waals surface area contributed by atoms with Crippen molar-refractivity contribution in [2.75, 3.05) is 6.54 Å². The maximum Gasteiger partial charge on any atom is 0.212 e. The Kier molecular flexibility index (Phi) is 2.81. The van der Waals surface area contributed by atoms with Gasteiger partial charge in [0.2, 0.25) is 5.78 Å². The molecule has 80 valence electrons. The molecule has 14 heavy (non-hydrogen) atoms. The van der Waals surface area contributed by atoms with E-state index >= 15 is 0 Å². The van der Waals surface area contributed by atoms with Crippen LogP contribution in [0.2, 0.25) is 0 Å². The van der Waals surface area contributed by atoms with Crippen molar-refractivity contribution in [3.05, 3.63) is 0 Å². The van der Waals surface area contributed by atoms with Crippen molar-refractivity contribution in [2.24, 2.45) is 10.8 Å². The predicted molar refractivity (Wildman–Crippen MR) is 55.0 cm³/mol. The molecule has 0 aromatic heterocycles. The Bertz CT molecular complexity index is 256. The van der Waals surface area contributed by atoms with E-state index in [2.05, 4.69) is 19.2 Å². The number of piperidine rings is 1. The molecule has 1 unspecified atom stereocenters. The molecule has 0 aliphatic carbocycles. The van der Waals surface area contributed by atoms with Gasteiger partial charge in [-0.15, -0.1) is 0 Å². The van der Waals surface area contributed by atoms with E-state index in [0.717, 1.165) is 13.0 Å². The first-order chi connectivity index (χ1) is 6.28. The molecule has 3 heteroatoms. The summed E-state index contributed by atoms with van der Waals surface area (Å²) in [6, 6.07) is -0.312. The molecular weight excluding hydrogens is 178 g/mol. The average molecular weight is 197 g/mol. The van der Waals surface area contributed by atoms with Gasteiger partial charge in [0.15, 0.2) is 6.29 Å². The first kappa shape index (κ1) is 11.4. The summed E-state index contributed by atoms with van der Waals surface area (Å²) in [5.41, 5.74) is 0.0584. The molecule has 1 rings (SSSR count). The Morgan fingerprint density at radius 2 is 1.93 bits per heavy atom. The third kappa shape index (κ3) is 2.21. The summed E-state index contributed by atoms with van der Waals surface area (Å²) in [5.74, 6) is -0.328. The Hall–Kier alpha value is -0.700. The van der Waals surface area contributed by atoms with Crippen molar-refractivity contribution in [2.45, 2.75) is 40.2 Å². The Morgan fingerprint density at radius 1 is 1.36 bits per heavy atom. The van der Waals surface area contributed by atoms with Crippen molar-refractivity contribution in [3.8, 4) is 0 Å². The SMILES string of the molecule is CC1(C)CNC(C(=O)C=O)C(C)(C)C1. The highest BCUT2D eigenvalue weighted by molar-refractivity contribution is 6.27. The maximum atomic E-state index is 11.4. The van der Waals surface area contributed by atoms with Crippen molar-refractivity contribution in [3.63, 3.8) is 0 Å². The summed E-state index contributed by atoms with van der Waals surface area (Å²) in [5, 5.41) is 3.17. The summed E-state index contributed by atoms with van der Waals surface area (Å²) in [6.07, 6.45) is 1.38. The molecule has 1 atom stereocenters. The molecule has 1 heterocycles. The zero-order valence-corrected chi connectivity index (χ0v) is 9.39. The van der Waals surface area contributed by atoms with Crippen molar-refractivity contribution in [1.82, 2.24) is 5.32 Å². The van der Waals surface area contributed by atoms with E-state index in [1.165, 1.54) is 0 Å². The lowest BCUT2D eigenvalue weighted by Crippen LogP contribution is -2.57. The number of hydrogen-bond acceptors (Lipinski definition) is 3. The second-order valence-corrected chi connectivity index (χ2v) is 5.66. The summed E-state index contributed by atoms with van der Waals surface area (Å²) in [6.45, 7) is 9.20. The monoisotopic (exact) mass is 197 g/mol. The minimum atomic E-state index is -0.328. The molecule has 1 aliphatic rings. The number of nitrogens with one attached hydrogen (secondary N) is 1. The molecule has 1 fully saturated rings. The molecule has 0 amide bonds. The third-order valence-corrected chi connectivity index (χ3v) is 2.90. The van der Waals surface area contributed by atoms with Crippen LogP contribution in [0.1, 0.15) is 34.1 Å². The quantitative estimate of drug-likeness (QED) is 0.534. The van der Waals surface area contributed by atoms with E-state index in [-0.39, 0.29) is 22.7 Å². The Morgan fingerprint density at radius 3 is 2.36 bits per heavy atom. The zero-order chi connectivity index (χ0) is 11.0. The largest absolute Gasteiger partial charge is 0.306 e. The molecule has 0 bridgehead atoms. The van der Waals surface area contributed by atoms with Crippen LogP contribution in [-0.2, 0) is 9.59 Å².